The third-order valence-electron chi connectivity index (χ3n) is 5.16. The lowest BCUT2D eigenvalue weighted by atomic mass is 9.75. The van der Waals surface area contributed by atoms with Crippen molar-refractivity contribution < 1.29 is 4.52 Å². The largest absolute Gasteiger partial charge is 0.338 e. The van der Waals surface area contributed by atoms with Crippen LogP contribution >= 0.6 is 0 Å². The molecule has 19 heavy (non-hydrogen) atoms. The van der Waals surface area contributed by atoms with E-state index in [-0.39, 0.29) is 0 Å². The predicted octanol–water partition coefficient (Wildman–Crippen LogP) is 2.96. The first kappa shape index (κ1) is 11.9. The molecule has 104 valence electrons. The van der Waals surface area contributed by atoms with Crippen molar-refractivity contribution in [3.05, 3.63) is 11.7 Å². The maximum atomic E-state index is 5.40. The minimum atomic E-state index is 0.599. The number of fused-ring (bicyclic) bond motifs is 1. The Morgan fingerprint density at radius 2 is 1.89 bits per heavy atom. The van der Waals surface area contributed by atoms with Gasteiger partial charge in [0.15, 0.2) is 5.82 Å². The second-order valence-corrected chi connectivity index (χ2v) is 6.65. The highest BCUT2D eigenvalue weighted by atomic mass is 16.5. The molecule has 0 bridgehead atoms. The molecule has 3 aliphatic rings. The lowest BCUT2D eigenvalue weighted by Gasteiger charge is -2.40. The van der Waals surface area contributed by atoms with Crippen LogP contribution in [0.3, 0.4) is 0 Å². The molecule has 4 rings (SSSR count). The highest BCUT2D eigenvalue weighted by molar-refractivity contribution is 5.03. The monoisotopic (exact) mass is 261 g/mol. The predicted molar refractivity (Wildman–Crippen MR) is 71.6 cm³/mol. The van der Waals surface area contributed by atoms with Gasteiger partial charge in [-0.05, 0) is 44.1 Å². The normalized spacial score (nSPS) is 32.2. The molecule has 1 aromatic heterocycles. The van der Waals surface area contributed by atoms with Gasteiger partial charge in [-0.1, -0.05) is 24.4 Å². The molecule has 0 aromatic carbocycles. The first-order valence-corrected chi connectivity index (χ1v) is 7.93. The van der Waals surface area contributed by atoms with E-state index >= 15 is 0 Å². The van der Waals surface area contributed by atoms with Gasteiger partial charge in [0.25, 0.3) is 0 Å². The summed E-state index contributed by atoms with van der Waals surface area (Å²) >= 11 is 0. The van der Waals surface area contributed by atoms with Gasteiger partial charge >= 0.3 is 0 Å². The molecule has 3 fully saturated rings. The van der Waals surface area contributed by atoms with Gasteiger partial charge < -0.3 is 4.52 Å². The molecule has 1 aromatic rings. The van der Waals surface area contributed by atoms with E-state index in [1.54, 1.807) is 0 Å². The number of nitrogens with zero attached hydrogens (tertiary/aromatic N) is 3. The van der Waals surface area contributed by atoms with E-state index < -0.39 is 0 Å². The Hall–Kier alpha value is -0.900. The molecule has 1 saturated heterocycles. The maximum absolute atomic E-state index is 5.40. The highest BCUT2D eigenvalue weighted by Crippen LogP contribution is 2.38. The van der Waals surface area contributed by atoms with Crippen molar-refractivity contribution in [1.82, 2.24) is 15.0 Å². The Kier molecular flexibility index (Phi) is 3.06. The lowest BCUT2D eigenvalue weighted by molar-refractivity contribution is 0.0747. The fourth-order valence-electron chi connectivity index (χ4n) is 3.85. The molecular formula is C15H23N3O. The third kappa shape index (κ3) is 2.55. The number of hydrogen-bond donors (Lipinski definition) is 0. The van der Waals surface area contributed by atoms with Crippen LogP contribution < -0.4 is 0 Å². The van der Waals surface area contributed by atoms with Crippen molar-refractivity contribution in [1.29, 1.82) is 0 Å². The van der Waals surface area contributed by atoms with Crippen LogP contribution in [0.15, 0.2) is 4.52 Å². The molecule has 2 aliphatic carbocycles. The van der Waals surface area contributed by atoms with Crippen molar-refractivity contribution in [2.75, 3.05) is 13.1 Å². The second-order valence-electron chi connectivity index (χ2n) is 6.65. The topological polar surface area (TPSA) is 42.2 Å². The molecule has 0 N–H and O–H groups in total. The van der Waals surface area contributed by atoms with Gasteiger partial charge in [0.2, 0.25) is 5.89 Å². The molecule has 1 aliphatic heterocycles. The average molecular weight is 261 g/mol. The number of rotatable bonds is 3. The van der Waals surface area contributed by atoms with Crippen LogP contribution in [0.2, 0.25) is 0 Å². The molecular weight excluding hydrogens is 238 g/mol. The first-order chi connectivity index (χ1) is 9.38. The molecule has 0 unspecified atom stereocenters. The zero-order chi connectivity index (χ0) is 12.7. The van der Waals surface area contributed by atoms with Gasteiger partial charge in [-0.3, -0.25) is 4.90 Å². The van der Waals surface area contributed by atoms with E-state index in [9.17, 15) is 0 Å². The van der Waals surface area contributed by atoms with Crippen LogP contribution in [-0.2, 0) is 6.54 Å². The van der Waals surface area contributed by atoms with Gasteiger partial charge in [-0.25, -0.2) is 0 Å². The minimum absolute atomic E-state index is 0.599. The van der Waals surface area contributed by atoms with Crippen LogP contribution in [0.25, 0.3) is 0 Å². The van der Waals surface area contributed by atoms with E-state index in [4.69, 9.17) is 4.52 Å². The number of aromatic nitrogens is 2. The lowest BCUT2D eigenvalue weighted by Crippen LogP contribution is -2.41. The Labute approximate surface area is 114 Å². The standard InChI is InChI=1S/C15H23N3O/c1-2-4-13-9-18(8-7-11(13)3-1)10-14-16-15(17-19-14)12-5-6-12/h11-13H,1-10H2/t11-,13-/m0/s1. The van der Waals surface area contributed by atoms with Crippen molar-refractivity contribution >= 4 is 0 Å². The first-order valence-electron chi connectivity index (χ1n) is 7.93. The summed E-state index contributed by atoms with van der Waals surface area (Å²) in [4.78, 5) is 7.08. The number of hydrogen-bond acceptors (Lipinski definition) is 4. The summed E-state index contributed by atoms with van der Waals surface area (Å²) in [5, 5.41) is 4.11. The van der Waals surface area contributed by atoms with Crippen LogP contribution in [0, 0.1) is 11.8 Å². The fraction of sp³-hybridized carbons (Fsp3) is 0.867. The minimum Gasteiger partial charge on any atom is -0.338 e. The fourth-order valence-corrected chi connectivity index (χ4v) is 3.85. The number of likely N-dealkylation sites (tertiary alicyclic amines) is 1. The van der Waals surface area contributed by atoms with Gasteiger partial charge in [-0.2, -0.15) is 4.98 Å². The summed E-state index contributed by atoms with van der Waals surface area (Å²) in [7, 11) is 0. The Balaban J connectivity index is 1.36. The maximum Gasteiger partial charge on any atom is 0.240 e. The van der Waals surface area contributed by atoms with Gasteiger partial charge in [-0.15, -0.1) is 0 Å². The van der Waals surface area contributed by atoms with Crippen molar-refractivity contribution in [2.45, 2.75) is 57.4 Å². The Bertz CT molecular complexity index is 440. The van der Waals surface area contributed by atoms with Crippen LogP contribution in [-0.4, -0.2) is 28.1 Å². The summed E-state index contributed by atoms with van der Waals surface area (Å²) in [6.45, 7) is 3.32. The summed E-state index contributed by atoms with van der Waals surface area (Å²) in [6.07, 6.45) is 9.63. The van der Waals surface area contributed by atoms with Gasteiger partial charge in [0.1, 0.15) is 0 Å². The summed E-state index contributed by atoms with van der Waals surface area (Å²) in [5.74, 6) is 4.29. The summed E-state index contributed by atoms with van der Waals surface area (Å²) in [5.41, 5.74) is 0. The summed E-state index contributed by atoms with van der Waals surface area (Å²) in [6, 6.07) is 0. The zero-order valence-corrected chi connectivity index (χ0v) is 11.6. The molecule has 0 spiro atoms. The highest BCUT2D eigenvalue weighted by Gasteiger charge is 2.32. The van der Waals surface area contributed by atoms with E-state index in [1.807, 2.05) is 0 Å². The van der Waals surface area contributed by atoms with Gasteiger partial charge in [0, 0.05) is 12.5 Å². The van der Waals surface area contributed by atoms with Crippen LogP contribution in [0.1, 0.15) is 62.6 Å². The molecule has 2 atom stereocenters. The second kappa shape index (κ2) is 4.89. The molecule has 0 amide bonds. The van der Waals surface area contributed by atoms with Crippen molar-refractivity contribution in [2.24, 2.45) is 11.8 Å². The smallest absolute Gasteiger partial charge is 0.240 e. The van der Waals surface area contributed by atoms with E-state index in [0.717, 1.165) is 30.1 Å². The third-order valence-corrected chi connectivity index (χ3v) is 5.16. The van der Waals surface area contributed by atoms with Crippen molar-refractivity contribution in [3.63, 3.8) is 0 Å². The molecule has 4 nitrogen and oxygen atoms in total. The van der Waals surface area contributed by atoms with E-state index in [2.05, 4.69) is 15.0 Å². The molecule has 4 heteroatoms. The van der Waals surface area contributed by atoms with Crippen LogP contribution in [0.4, 0.5) is 0 Å². The quantitative estimate of drug-likeness (QED) is 0.839. The molecule has 2 saturated carbocycles. The van der Waals surface area contributed by atoms with Gasteiger partial charge in [0.05, 0.1) is 6.54 Å². The van der Waals surface area contributed by atoms with E-state index in [1.165, 1.54) is 58.0 Å². The summed E-state index contributed by atoms with van der Waals surface area (Å²) < 4.78 is 5.40. The van der Waals surface area contributed by atoms with Crippen molar-refractivity contribution in [3.8, 4) is 0 Å². The average Bonchev–Trinajstić information content (AvgIpc) is 3.20. The molecule has 0 radical (unpaired) electrons. The SMILES string of the molecule is C1CC[C@H]2CN(Cc3nc(C4CC4)no3)CC[C@@H]2C1. The van der Waals surface area contributed by atoms with E-state index in [0.29, 0.717) is 5.92 Å². The number of piperidine rings is 1. The zero-order valence-electron chi connectivity index (χ0n) is 11.6. The Morgan fingerprint density at radius 3 is 2.74 bits per heavy atom. The van der Waals surface area contributed by atoms with Crippen LogP contribution in [0.5, 0.6) is 0 Å². The molecule has 2 heterocycles. The Morgan fingerprint density at radius 1 is 1.05 bits per heavy atom.